The molecule has 126 valence electrons. The molecule has 0 spiro atoms. The van der Waals surface area contributed by atoms with Gasteiger partial charge in [-0.15, -0.1) is 5.10 Å². The van der Waals surface area contributed by atoms with Gasteiger partial charge in [-0.05, 0) is 42.0 Å². The molecule has 0 radical (unpaired) electrons. The topological polar surface area (TPSA) is 81.2 Å². The quantitative estimate of drug-likeness (QED) is 0.723. The summed E-state index contributed by atoms with van der Waals surface area (Å²) >= 11 is 5.88. The Labute approximate surface area is 149 Å². The number of nitrogens with zero attached hydrogens (tertiary/aromatic N) is 3. The average molecular weight is 356 g/mol. The van der Waals surface area contributed by atoms with Crippen molar-refractivity contribution in [1.82, 2.24) is 15.2 Å². The first-order valence-corrected chi connectivity index (χ1v) is 7.99. The zero-order valence-electron chi connectivity index (χ0n) is 13.1. The van der Waals surface area contributed by atoms with Gasteiger partial charge in [-0.25, -0.2) is 0 Å². The van der Waals surface area contributed by atoms with Crippen LogP contribution in [0, 0.1) is 0 Å². The van der Waals surface area contributed by atoms with Gasteiger partial charge in [0.15, 0.2) is 17.3 Å². The highest BCUT2D eigenvalue weighted by Crippen LogP contribution is 2.32. The van der Waals surface area contributed by atoms with Crippen LogP contribution < -0.4 is 20.1 Å². The number of aromatic nitrogens is 3. The highest BCUT2D eigenvalue weighted by Gasteiger charge is 2.13. The molecule has 4 rings (SSSR count). The number of fused-ring (bicyclic) bond motifs is 1. The Morgan fingerprint density at radius 3 is 2.76 bits per heavy atom. The second-order valence-corrected chi connectivity index (χ2v) is 5.77. The highest BCUT2D eigenvalue weighted by atomic mass is 35.5. The Kier molecular flexibility index (Phi) is 4.22. The van der Waals surface area contributed by atoms with Crippen molar-refractivity contribution in [2.45, 2.75) is 6.54 Å². The van der Waals surface area contributed by atoms with Crippen LogP contribution in [0.25, 0.3) is 0 Å². The lowest BCUT2D eigenvalue weighted by Crippen LogP contribution is -2.05. The van der Waals surface area contributed by atoms with E-state index in [1.54, 1.807) is 18.3 Å². The minimum Gasteiger partial charge on any atom is -0.454 e. The van der Waals surface area contributed by atoms with Crippen LogP contribution in [0.3, 0.4) is 0 Å². The zero-order valence-corrected chi connectivity index (χ0v) is 13.8. The second-order valence-electron chi connectivity index (χ2n) is 5.34. The molecule has 3 aromatic rings. The van der Waals surface area contributed by atoms with Gasteiger partial charge in [0.25, 0.3) is 0 Å². The lowest BCUT2D eigenvalue weighted by Gasteiger charge is -2.08. The fourth-order valence-electron chi connectivity index (χ4n) is 2.35. The van der Waals surface area contributed by atoms with Crippen molar-refractivity contribution < 1.29 is 9.47 Å². The van der Waals surface area contributed by atoms with E-state index in [1.807, 2.05) is 30.3 Å². The fourth-order valence-corrected chi connectivity index (χ4v) is 2.47. The molecule has 0 bridgehead atoms. The molecule has 2 aromatic carbocycles. The van der Waals surface area contributed by atoms with Gasteiger partial charge in [-0.1, -0.05) is 17.7 Å². The second kappa shape index (κ2) is 6.82. The molecule has 0 atom stereocenters. The maximum Gasteiger partial charge on any atom is 0.249 e. The van der Waals surface area contributed by atoms with Crippen molar-refractivity contribution in [2.24, 2.45) is 0 Å². The van der Waals surface area contributed by atoms with E-state index >= 15 is 0 Å². The third-order valence-electron chi connectivity index (χ3n) is 3.57. The lowest BCUT2D eigenvalue weighted by molar-refractivity contribution is 0.174. The molecule has 2 N–H and O–H groups in total. The number of halogens is 1. The van der Waals surface area contributed by atoms with E-state index in [1.165, 1.54) is 0 Å². The van der Waals surface area contributed by atoms with Crippen LogP contribution >= 0.6 is 11.6 Å². The van der Waals surface area contributed by atoms with Crippen molar-refractivity contribution >= 4 is 29.1 Å². The standard InChI is InChI=1S/C17H14ClN5O2/c18-12-2-4-13(5-3-12)21-17-22-16(9-20-23-17)19-8-11-1-6-14-15(7-11)25-10-24-14/h1-7,9H,8,10H2,(H2,19,21,22,23). The first kappa shape index (κ1) is 15.5. The van der Waals surface area contributed by atoms with Crippen molar-refractivity contribution in [1.29, 1.82) is 0 Å². The van der Waals surface area contributed by atoms with Crippen molar-refractivity contribution in [3.63, 3.8) is 0 Å². The van der Waals surface area contributed by atoms with E-state index in [9.17, 15) is 0 Å². The maximum atomic E-state index is 5.88. The summed E-state index contributed by atoms with van der Waals surface area (Å²) < 4.78 is 10.7. The highest BCUT2D eigenvalue weighted by molar-refractivity contribution is 6.30. The van der Waals surface area contributed by atoms with E-state index in [2.05, 4.69) is 25.8 Å². The molecule has 1 aliphatic rings. The maximum absolute atomic E-state index is 5.88. The van der Waals surface area contributed by atoms with E-state index in [0.717, 1.165) is 22.7 Å². The smallest absolute Gasteiger partial charge is 0.249 e. The molecule has 0 fully saturated rings. The van der Waals surface area contributed by atoms with Crippen LogP contribution in [0.2, 0.25) is 5.02 Å². The van der Waals surface area contributed by atoms with Crippen LogP contribution in [0.5, 0.6) is 11.5 Å². The third kappa shape index (κ3) is 3.72. The third-order valence-corrected chi connectivity index (χ3v) is 3.82. The average Bonchev–Trinajstić information content (AvgIpc) is 3.10. The van der Waals surface area contributed by atoms with Gasteiger partial charge in [0.2, 0.25) is 12.7 Å². The Balaban J connectivity index is 1.42. The van der Waals surface area contributed by atoms with Crippen LogP contribution in [0.1, 0.15) is 5.56 Å². The molecule has 25 heavy (non-hydrogen) atoms. The Hall–Kier alpha value is -3.06. The van der Waals surface area contributed by atoms with Crippen molar-refractivity contribution in [3.8, 4) is 11.5 Å². The molecule has 8 heteroatoms. The van der Waals surface area contributed by atoms with Gasteiger partial charge < -0.3 is 20.1 Å². The van der Waals surface area contributed by atoms with E-state index in [-0.39, 0.29) is 6.79 Å². The van der Waals surface area contributed by atoms with Gasteiger partial charge in [0.1, 0.15) is 0 Å². The van der Waals surface area contributed by atoms with Crippen LogP contribution in [0.15, 0.2) is 48.7 Å². The Morgan fingerprint density at radius 1 is 1.04 bits per heavy atom. The molecule has 0 saturated heterocycles. The summed E-state index contributed by atoms with van der Waals surface area (Å²) in [5.41, 5.74) is 1.88. The molecule has 2 heterocycles. The van der Waals surface area contributed by atoms with Gasteiger partial charge >= 0.3 is 0 Å². The van der Waals surface area contributed by atoms with Crippen LogP contribution in [-0.2, 0) is 6.54 Å². The van der Waals surface area contributed by atoms with Gasteiger partial charge in [0.05, 0.1) is 6.20 Å². The number of ether oxygens (including phenoxy) is 2. The summed E-state index contributed by atoms with van der Waals surface area (Å²) in [6, 6.07) is 13.1. The molecule has 1 aromatic heterocycles. The number of rotatable bonds is 5. The van der Waals surface area contributed by atoms with Crippen molar-refractivity contribution in [3.05, 3.63) is 59.2 Å². The summed E-state index contributed by atoms with van der Waals surface area (Å²) in [7, 11) is 0. The molecule has 0 unspecified atom stereocenters. The molecule has 0 amide bonds. The number of anilines is 3. The van der Waals surface area contributed by atoms with Gasteiger partial charge in [0, 0.05) is 17.3 Å². The summed E-state index contributed by atoms with van der Waals surface area (Å²) in [6.07, 6.45) is 1.57. The van der Waals surface area contributed by atoms with Crippen LogP contribution in [-0.4, -0.2) is 22.0 Å². The summed E-state index contributed by atoms with van der Waals surface area (Å²) in [6.45, 7) is 0.845. The molecule has 0 aliphatic carbocycles. The van der Waals surface area contributed by atoms with Crippen molar-refractivity contribution in [2.75, 3.05) is 17.4 Å². The van der Waals surface area contributed by atoms with E-state index < -0.39 is 0 Å². The monoisotopic (exact) mass is 355 g/mol. The zero-order chi connectivity index (χ0) is 17.1. The van der Waals surface area contributed by atoms with E-state index in [4.69, 9.17) is 21.1 Å². The first-order valence-electron chi connectivity index (χ1n) is 7.61. The summed E-state index contributed by atoms with van der Waals surface area (Å²) in [5.74, 6) is 2.54. The lowest BCUT2D eigenvalue weighted by atomic mass is 10.2. The largest absolute Gasteiger partial charge is 0.454 e. The number of benzene rings is 2. The predicted octanol–water partition coefficient (Wildman–Crippen LogP) is 3.61. The summed E-state index contributed by atoms with van der Waals surface area (Å²) in [5, 5.41) is 14.9. The molecular weight excluding hydrogens is 342 g/mol. The summed E-state index contributed by atoms with van der Waals surface area (Å²) in [4.78, 5) is 4.39. The Bertz CT molecular complexity index is 888. The molecular formula is C17H14ClN5O2. The van der Waals surface area contributed by atoms with Gasteiger partial charge in [-0.3, -0.25) is 0 Å². The Morgan fingerprint density at radius 2 is 1.88 bits per heavy atom. The molecule has 1 aliphatic heterocycles. The van der Waals surface area contributed by atoms with E-state index in [0.29, 0.717) is 23.3 Å². The fraction of sp³-hybridized carbons (Fsp3) is 0.118. The number of hydrogen-bond acceptors (Lipinski definition) is 7. The molecule has 0 saturated carbocycles. The number of nitrogens with one attached hydrogen (secondary N) is 2. The van der Waals surface area contributed by atoms with Crippen LogP contribution in [0.4, 0.5) is 17.5 Å². The first-order chi connectivity index (χ1) is 12.3. The normalized spacial score (nSPS) is 12.0. The van der Waals surface area contributed by atoms with Gasteiger partial charge in [-0.2, -0.15) is 10.1 Å². The minimum absolute atomic E-state index is 0.266. The minimum atomic E-state index is 0.266. The number of hydrogen-bond donors (Lipinski definition) is 2. The predicted molar refractivity (Wildman–Crippen MR) is 94.5 cm³/mol. The SMILES string of the molecule is Clc1ccc(Nc2nncc(NCc3ccc4c(c3)OCO4)n2)cc1. The molecule has 7 nitrogen and oxygen atoms in total.